The van der Waals surface area contributed by atoms with Gasteiger partial charge in [-0.1, -0.05) is 23.4 Å². The zero-order valence-electron chi connectivity index (χ0n) is 19.0. The third-order valence-corrected chi connectivity index (χ3v) is 6.14. The summed E-state index contributed by atoms with van der Waals surface area (Å²) in [6.45, 7) is 0. The number of amides is 1. The van der Waals surface area contributed by atoms with Crippen molar-refractivity contribution in [3.8, 4) is 11.1 Å². The second-order valence-corrected chi connectivity index (χ2v) is 8.74. The molecule has 0 bridgehead atoms. The number of aromatic nitrogens is 4. The Hall–Kier alpha value is -4.22. The molecule has 3 aromatic heterocycles. The predicted octanol–water partition coefficient (Wildman–Crippen LogP) is 5.17. The van der Waals surface area contributed by atoms with Gasteiger partial charge in [-0.05, 0) is 41.7 Å². The number of hydrogen-bond acceptors (Lipinski definition) is 6. The van der Waals surface area contributed by atoms with Crippen LogP contribution in [-0.4, -0.2) is 32.2 Å². The van der Waals surface area contributed by atoms with Gasteiger partial charge in [-0.3, -0.25) is 4.79 Å². The summed E-state index contributed by atoms with van der Waals surface area (Å²) in [6, 6.07) is 8.14. The van der Waals surface area contributed by atoms with Crippen molar-refractivity contribution in [1.29, 1.82) is 0 Å². The predicted molar refractivity (Wildman–Crippen MR) is 120 cm³/mol. The van der Waals surface area contributed by atoms with E-state index in [4.69, 9.17) is 4.52 Å². The standard InChI is InChI=1S/C25H18F5N5O2/c26-18-8-15(17-12-32-21(33-13-17)7-14-1-4-20(27)31-11-14)2-3-16(18)9-23(36)34-22-10-19(37-35-22)24(5-6-24)25(28,29)30/h1-4,8,10-13H,5-7,9H2,(H,34,35,36). The molecule has 190 valence electrons. The summed E-state index contributed by atoms with van der Waals surface area (Å²) in [5.74, 6) is -1.93. The Bertz CT molecular complexity index is 1430. The molecule has 1 saturated carbocycles. The van der Waals surface area contributed by atoms with Gasteiger partial charge in [0.15, 0.2) is 11.6 Å². The molecule has 1 fully saturated rings. The third kappa shape index (κ3) is 5.18. The lowest BCUT2D eigenvalue weighted by Crippen LogP contribution is -2.28. The number of carbonyl (C=O) groups is 1. The fraction of sp³-hybridized carbons (Fsp3) is 0.240. The van der Waals surface area contributed by atoms with E-state index in [9.17, 15) is 26.7 Å². The number of anilines is 1. The van der Waals surface area contributed by atoms with Crippen LogP contribution in [0.4, 0.5) is 27.8 Å². The van der Waals surface area contributed by atoms with Crippen LogP contribution in [0.1, 0.15) is 35.6 Å². The van der Waals surface area contributed by atoms with E-state index in [-0.39, 0.29) is 36.4 Å². The quantitative estimate of drug-likeness (QED) is 0.270. The Balaban J connectivity index is 1.21. The van der Waals surface area contributed by atoms with E-state index in [0.717, 1.165) is 11.6 Å². The molecular weight excluding hydrogens is 497 g/mol. The first-order chi connectivity index (χ1) is 17.6. The average Bonchev–Trinajstić information content (AvgIpc) is 3.56. The van der Waals surface area contributed by atoms with Crippen LogP contribution >= 0.6 is 0 Å². The van der Waals surface area contributed by atoms with Crippen molar-refractivity contribution in [3.63, 3.8) is 0 Å². The van der Waals surface area contributed by atoms with Gasteiger partial charge in [0, 0.05) is 36.6 Å². The Labute approximate surface area is 206 Å². The summed E-state index contributed by atoms with van der Waals surface area (Å²) in [5.41, 5.74) is -0.202. The Morgan fingerprint density at radius 1 is 0.973 bits per heavy atom. The minimum atomic E-state index is -4.47. The molecule has 37 heavy (non-hydrogen) atoms. The van der Waals surface area contributed by atoms with E-state index >= 15 is 0 Å². The fourth-order valence-electron chi connectivity index (χ4n) is 3.87. The van der Waals surface area contributed by atoms with Crippen molar-refractivity contribution in [2.24, 2.45) is 0 Å². The number of nitrogens with zero attached hydrogens (tertiary/aromatic N) is 4. The highest BCUT2D eigenvalue weighted by atomic mass is 19.4. The lowest BCUT2D eigenvalue weighted by atomic mass is 10.0. The Morgan fingerprint density at radius 2 is 1.73 bits per heavy atom. The Kier molecular flexibility index (Phi) is 6.18. The number of pyridine rings is 1. The van der Waals surface area contributed by atoms with Crippen molar-refractivity contribution >= 4 is 11.7 Å². The topological polar surface area (TPSA) is 93.8 Å². The van der Waals surface area contributed by atoms with Crippen molar-refractivity contribution in [1.82, 2.24) is 20.1 Å². The van der Waals surface area contributed by atoms with E-state index in [1.165, 1.54) is 36.8 Å². The molecule has 5 rings (SSSR count). The molecule has 4 aromatic rings. The maximum absolute atomic E-state index is 14.7. The van der Waals surface area contributed by atoms with Gasteiger partial charge < -0.3 is 9.84 Å². The summed E-state index contributed by atoms with van der Waals surface area (Å²) in [5, 5.41) is 5.84. The lowest BCUT2D eigenvalue weighted by Gasteiger charge is -2.14. The van der Waals surface area contributed by atoms with Crippen molar-refractivity contribution in [3.05, 3.63) is 89.5 Å². The molecule has 1 aliphatic rings. The van der Waals surface area contributed by atoms with Crippen LogP contribution in [0.3, 0.4) is 0 Å². The van der Waals surface area contributed by atoms with Crippen LogP contribution < -0.4 is 5.32 Å². The molecule has 1 N–H and O–H groups in total. The number of hydrogen-bond donors (Lipinski definition) is 1. The highest BCUT2D eigenvalue weighted by molar-refractivity contribution is 5.91. The van der Waals surface area contributed by atoms with E-state index in [1.54, 1.807) is 12.1 Å². The molecule has 7 nitrogen and oxygen atoms in total. The van der Waals surface area contributed by atoms with Crippen LogP contribution in [0.25, 0.3) is 11.1 Å². The first kappa shape index (κ1) is 24.5. The van der Waals surface area contributed by atoms with Crippen LogP contribution in [0, 0.1) is 11.8 Å². The maximum atomic E-state index is 14.7. The molecular formula is C25H18F5N5O2. The SMILES string of the molecule is O=C(Cc1ccc(-c2cnc(Cc3ccc(F)nc3)nc2)cc1F)Nc1cc(C2(C(F)(F)F)CC2)on1. The molecule has 0 saturated heterocycles. The second kappa shape index (κ2) is 9.34. The smallest absolute Gasteiger partial charge is 0.358 e. The van der Waals surface area contributed by atoms with Crippen LogP contribution in [0.15, 0.2) is 59.5 Å². The molecule has 1 aliphatic carbocycles. The van der Waals surface area contributed by atoms with Gasteiger partial charge in [-0.2, -0.15) is 17.6 Å². The summed E-state index contributed by atoms with van der Waals surface area (Å²) >= 11 is 0. The van der Waals surface area contributed by atoms with Gasteiger partial charge in [-0.15, -0.1) is 0 Å². The van der Waals surface area contributed by atoms with Gasteiger partial charge in [-0.25, -0.2) is 19.3 Å². The zero-order chi connectivity index (χ0) is 26.2. The van der Waals surface area contributed by atoms with E-state index in [2.05, 4.69) is 25.4 Å². The lowest BCUT2D eigenvalue weighted by molar-refractivity contribution is -0.165. The van der Waals surface area contributed by atoms with E-state index in [1.807, 2.05) is 0 Å². The monoisotopic (exact) mass is 515 g/mol. The number of halogens is 5. The zero-order valence-corrected chi connectivity index (χ0v) is 19.0. The number of alkyl halides is 3. The molecule has 0 spiro atoms. The normalized spacial score (nSPS) is 14.4. The molecule has 0 unspecified atom stereocenters. The Morgan fingerprint density at radius 3 is 2.35 bits per heavy atom. The highest BCUT2D eigenvalue weighted by Crippen LogP contribution is 2.59. The maximum Gasteiger partial charge on any atom is 0.401 e. The highest BCUT2D eigenvalue weighted by Gasteiger charge is 2.66. The third-order valence-electron chi connectivity index (χ3n) is 6.14. The summed E-state index contributed by atoms with van der Waals surface area (Å²) in [7, 11) is 0. The number of benzene rings is 1. The number of nitrogens with one attached hydrogen (secondary N) is 1. The van der Waals surface area contributed by atoms with Gasteiger partial charge in [0.1, 0.15) is 17.1 Å². The molecule has 12 heteroatoms. The van der Waals surface area contributed by atoms with Crippen LogP contribution in [0.2, 0.25) is 0 Å². The van der Waals surface area contributed by atoms with Gasteiger partial charge in [0.05, 0.1) is 6.42 Å². The summed E-state index contributed by atoms with van der Waals surface area (Å²) in [6.07, 6.45) is -0.243. The largest absolute Gasteiger partial charge is 0.401 e. The first-order valence-corrected chi connectivity index (χ1v) is 11.2. The van der Waals surface area contributed by atoms with Crippen LogP contribution in [-0.2, 0) is 23.1 Å². The van der Waals surface area contributed by atoms with Crippen molar-refractivity contribution < 1.29 is 31.3 Å². The second-order valence-electron chi connectivity index (χ2n) is 8.74. The molecule has 1 aromatic carbocycles. The average molecular weight is 515 g/mol. The first-order valence-electron chi connectivity index (χ1n) is 11.2. The molecule has 3 heterocycles. The minimum Gasteiger partial charge on any atom is -0.358 e. The van der Waals surface area contributed by atoms with Gasteiger partial charge in [0.2, 0.25) is 11.9 Å². The van der Waals surface area contributed by atoms with Crippen LogP contribution in [0.5, 0.6) is 0 Å². The molecule has 0 atom stereocenters. The summed E-state index contributed by atoms with van der Waals surface area (Å²) in [4.78, 5) is 24.4. The van der Waals surface area contributed by atoms with Gasteiger partial charge >= 0.3 is 6.18 Å². The molecule has 1 amide bonds. The molecule has 0 aliphatic heterocycles. The van der Waals surface area contributed by atoms with Crippen molar-refractivity contribution in [2.75, 3.05) is 5.32 Å². The number of rotatable bonds is 7. The van der Waals surface area contributed by atoms with Crippen molar-refractivity contribution in [2.45, 2.75) is 37.3 Å². The van der Waals surface area contributed by atoms with E-state index < -0.39 is 29.3 Å². The van der Waals surface area contributed by atoms with E-state index in [0.29, 0.717) is 23.4 Å². The van der Waals surface area contributed by atoms with Gasteiger partial charge in [0.25, 0.3) is 0 Å². The number of carbonyl (C=O) groups excluding carboxylic acids is 1. The fourth-order valence-corrected chi connectivity index (χ4v) is 3.87. The minimum absolute atomic E-state index is 0.0836. The molecule has 0 radical (unpaired) electrons. The summed E-state index contributed by atoms with van der Waals surface area (Å²) < 4.78 is 72.1.